The van der Waals surface area contributed by atoms with Gasteiger partial charge in [-0.25, -0.2) is 0 Å². The third-order valence-corrected chi connectivity index (χ3v) is 2.46. The van der Waals surface area contributed by atoms with E-state index in [1.165, 1.54) is 18.0 Å². The summed E-state index contributed by atoms with van der Waals surface area (Å²) in [6.07, 6.45) is 5.15. The topological polar surface area (TPSA) is 33.1 Å². The van der Waals surface area contributed by atoms with Crippen LogP contribution in [0.25, 0.3) is 0 Å². The second-order valence-electron chi connectivity index (χ2n) is 1.96. The Bertz CT molecular complexity index is 254. The van der Waals surface area contributed by atoms with Gasteiger partial charge in [-0.15, -0.1) is 11.8 Å². The van der Waals surface area contributed by atoms with Gasteiger partial charge < -0.3 is 5.11 Å². The molecule has 0 bridgehead atoms. The lowest BCUT2D eigenvalue weighted by Crippen LogP contribution is -1.89. The third-order valence-electron chi connectivity index (χ3n) is 1.34. The minimum atomic E-state index is -0.0302. The Hall–Kier alpha value is -0.250. The molecule has 4 heteroatoms. The average molecular weight is 190 g/mol. The highest BCUT2D eigenvalue weighted by Gasteiger charge is 2.04. The first kappa shape index (κ1) is 8.84. The molecule has 0 fully saturated rings. The lowest BCUT2D eigenvalue weighted by Gasteiger charge is -2.04. The molecule has 1 aromatic rings. The van der Waals surface area contributed by atoms with Gasteiger partial charge in [0, 0.05) is 22.9 Å². The van der Waals surface area contributed by atoms with Crippen molar-refractivity contribution in [2.45, 2.75) is 11.5 Å². The van der Waals surface area contributed by atoms with Crippen LogP contribution in [0, 0.1) is 0 Å². The summed E-state index contributed by atoms with van der Waals surface area (Å²) in [7, 11) is 0. The number of halogens is 1. The van der Waals surface area contributed by atoms with Crippen LogP contribution < -0.4 is 0 Å². The zero-order chi connectivity index (χ0) is 8.27. The van der Waals surface area contributed by atoms with Gasteiger partial charge in [0.1, 0.15) is 0 Å². The van der Waals surface area contributed by atoms with Crippen molar-refractivity contribution in [1.82, 2.24) is 4.98 Å². The van der Waals surface area contributed by atoms with E-state index < -0.39 is 0 Å². The fourth-order valence-electron chi connectivity index (χ4n) is 0.773. The van der Waals surface area contributed by atoms with Crippen molar-refractivity contribution >= 4 is 23.4 Å². The molecule has 1 heterocycles. The molecule has 0 radical (unpaired) electrons. The van der Waals surface area contributed by atoms with Crippen molar-refractivity contribution in [3.05, 3.63) is 23.0 Å². The van der Waals surface area contributed by atoms with Crippen LogP contribution >= 0.6 is 23.4 Å². The molecule has 2 nitrogen and oxygen atoms in total. The van der Waals surface area contributed by atoms with Gasteiger partial charge in [0.25, 0.3) is 0 Å². The largest absolute Gasteiger partial charge is 0.392 e. The maximum Gasteiger partial charge on any atom is 0.0708 e. The maximum absolute atomic E-state index is 8.90. The van der Waals surface area contributed by atoms with E-state index in [4.69, 9.17) is 16.7 Å². The highest BCUT2D eigenvalue weighted by Crippen LogP contribution is 2.25. The highest BCUT2D eigenvalue weighted by molar-refractivity contribution is 7.98. The number of aromatic nitrogens is 1. The van der Waals surface area contributed by atoms with Gasteiger partial charge in [-0.05, 0) is 6.26 Å². The van der Waals surface area contributed by atoms with E-state index in [0.29, 0.717) is 5.02 Å². The van der Waals surface area contributed by atoms with E-state index in [-0.39, 0.29) is 6.61 Å². The van der Waals surface area contributed by atoms with E-state index in [9.17, 15) is 0 Å². The summed E-state index contributed by atoms with van der Waals surface area (Å²) in [6, 6.07) is 0. The van der Waals surface area contributed by atoms with Crippen LogP contribution in [0.3, 0.4) is 0 Å². The number of pyridine rings is 1. The molecule has 0 aliphatic heterocycles. The molecule has 1 rings (SSSR count). The van der Waals surface area contributed by atoms with E-state index in [1.54, 1.807) is 6.20 Å². The highest BCUT2D eigenvalue weighted by atomic mass is 35.5. The Kier molecular flexibility index (Phi) is 3.17. The fraction of sp³-hybridized carbons (Fsp3) is 0.286. The zero-order valence-corrected chi connectivity index (χ0v) is 7.61. The molecule has 0 saturated carbocycles. The van der Waals surface area contributed by atoms with Crippen molar-refractivity contribution in [2.75, 3.05) is 6.26 Å². The Labute approximate surface area is 74.6 Å². The molecular weight excluding hydrogens is 182 g/mol. The van der Waals surface area contributed by atoms with Gasteiger partial charge in [0.2, 0.25) is 0 Å². The third kappa shape index (κ3) is 1.86. The van der Waals surface area contributed by atoms with Crippen molar-refractivity contribution in [3.63, 3.8) is 0 Å². The molecule has 60 valence electrons. The minimum Gasteiger partial charge on any atom is -0.392 e. The van der Waals surface area contributed by atoms with Gasteiger partial charge in [0.15, 0.2) is 0 Å². The fourth-order valence-corrected chi connectivity index (χ4v) is 1.63. The van der Waals surface area contributed by atoms with Crippen molar-refractivity contribution in [1.29, 1.82) is 0 Å². The van der Waals surface area contributed by atoms with E-state index in [2.05, 4.69) is 4.98 Å². The summed E-state index contributed by atoms with van der Waals surface area (Å²) in [5.74, 6) is 0. The van der Waals surface area contributed by atoms with Crippen molar-refractivity contribution in [3.8, 4) is 0 Å². The van der Waals surface area contributed by atoms with E-state index >= 15 is 0 Å². The van der Waals surface area contributed by atoms with Crippen LogP contribution in [0.15, 0.2) is 17.3 Å². The summed E-state index contributed by atoms with van der Waals surface area (Å²) < 4.78 is 0. The molecule has 0 unspecified atom stereocenters. The molecule has 0 spiro atoms. The molecule has 11 heavy (non-hydrogen) atoms. The van der Waals surface area contributed by atoms with Crippen LogP contribution in [0.2, 0.25) is 5.02 Å². The number of aliphatic hydroxyl groups is 1. The average Bonchev–Trinajstić information content (AvgIpc) is 2.04. The number of rotatable bonds is 2. The molecule has 0 aromatic carbocycles. The number of thioether (sulfide) groups is 1. The predicted octanol–water partition coefficient (Wildman–Crippen LogP) is 1.95. The number of hydrogen-bond acceptors (Lipinski definition) is 3. The summed E-state index contributed by atoms with van der Waals surface area (Å²) in [5.41, 5.74) is 0.758. The van der Waals surface area contributed by atoms with Crippen molar-refractivity contribution < 1.29 is 5.11 Å². The molecule has 1 aromatic heterocycles. The van der Waals surface area contributed by atoms with E-state index in [0.717, 1.165) is 10.5 Å². The van der Waals surface area contributed by atoms with Gasteiger partial charge in [-0.1, -0.05) is 11.6 Å². The summed E-state index contributed by atoms with van der Waals surface area (Å²) in [6.45, 7) is -0.0302. The number of nitrogens with zero attached hydrogens (tertiary/aromatic N) is 1. The zero-order valence-electron chi connectivity index (χ0n) is 6.04. The van der Waals surface area contributed by atoms with Crippen LogP contribution in [0.5, 0.6) is 0 Å². The number of aliphatic hydroxyl groups excluding tert-OH is 1. The quantitative estimate of drug-likeness (QED) is 0.722. The molecule has 0 amide bonds. The summed E-state index contributed by atoms with van der Waals surface area (Å²) in [5, 5.41) is 9.43. The normalized spacial score (nSPS) is 10.1. The van der Waals surface area contributed by atoms with Gasteiger partial charge in [-0.2, -0.15) is 0 Å². The second-order valence-corrected chi connectivity index (χ2v) is 3.22. The Morgan fingerprint density at radius 3 is 2.82 bits per heavy atom. The maximum atomic E-state index is 8.90. The molecular formula is C7H8ClNOS. The monoisotopic (exact) mass is 189 g/mol. The van der Waals surface area contributed by atoms with Gasteiger partial charge in [0.05, 0.1) is 11.6 Å². The van der Waals surface area contributed by atoms with Crippen LogP contribution in [0.1, 0.15) is 5.56 Å². The molecule has 0 aliphatic rings. The standard InChI is InChI=1S/C7H8ClNOS/c1-11-7-3-9-2-6(8)5(7)4-10/h2-3,10H,4H2,1H3. The minimum absolute atomic E-state index is 0.0302. The number of hydrogen-bond donors (Lipinski definition) is 1. The predicted molar refractivity (Wildman–Crippen MR) is 47.0 cm³/mol. The summed E-state index contributed by atoms with van der Waals surface area (Å²) >= 11 is 7.30. The van der Waals surface area contributed by atoms with Crippen LogP contribution in [0.4, 0.5) is 0 Å². The Morgan fingerprint density at radius 2 is 2.36 bits per heavy atom. The Morgan fingerprint density at radius 1 is 1.64 bits per heavy atom. The lowest BCUT2D eigenvalue weighted by molar-refractivity contribution is 0.279. The first-order chi connectivity index (χ1) is 5.29. The van der Waals surface area contributed by atoms with Crippen molar-refractivity contribution in [2.24, 2.45) is 0 Å². The second kappa shape index (κ2) is 3.95. The SMILES string of the molecule is CSc1cncc(Cl)c1CO. The van der Waals surface area contributed by atoms with Crippen LogP contribution in [-0.4, -0.2) is 16.3 Å². The van der Waals surface area contributed by atoms with Gasteiger partial charge >= 0.3 is 0 Å². The summed E-state index contributed by atoms with van der Waals surface area (Å²) in [4.78, 5) is 4.83. The van der Waals surface area contributed by atoms with Gasteiger partial charge in [-0.3, -0.25) is 4.98 Å². The first-order valence-electron chi connectivity index (χ1n) is 3.06. The molecule has 0 saturated heterocycles. The first-order valence-corrected chi connectivity index (χ1v) is 4.67. The smallest absolute Gasteiger partial charge is 0.0708 e. The molecule has 1 N–H and O–H groups in total. The van der Waals surface area contributed by atoms with E-state index in [1.807, 2.05) is 6.26 Å². The van der Waals surface area contributed by atoms with Crippen LogP contribution in [-0.2, 0) is 6.61 Å². The molecule has 0 atom stereocenters. The lowest BCUT2D eigenvalue weighted by atomic mass is 10.3. The Balaban J connectivity index is 3.13. The molecule has 0 aliphatic carbocycles.